The van der Waals surface area contributed by atoms with Crippen molar-refractivity contribution in [3.8, 4) is 0 Å². The van der Waals surface area contributed by atoms with Crippen LogP contribution >= 0.6 is 35.0 Å². The largest absolute Gasteiger partial charge is 0.361 e. The summed E-state index contributed by atoms with van der Waals surface area (Å²) >= 11 is 14.4. The van der Waals surface area contributed by atoms with Gasteiger partial charge in [-0.2, -0.15) is 11.8 Å². The minimum Gasteiger partial charge on any atom is -0.361 e. The molecule has 1 fully saturated rings. The molecule has 0 N–H and O–H groups in total. The van der Waals surface area contributed by atoms with Crippen LogP contribution in [0, 0.1) is 0 Å². The zero-order chi connectivity index (χ0) is 22.8. The number of rotatable bonds is 6. The maximum absolute atomic E-state index is 13.4. The number of nitrogens with zero attached hydrogens (tertiary/aromatic N) is 1. The highest BCUT2D eigenvalue weighted by molar-refractivity contribution is 8.00. The van der Waals surface area contributed by atoms with E-state index in [1.807, 2.05) is 60.3 Å². The van der Waals surface area contributed by atoms with Crippen LogP contribution in [0.15, 0.2) is 48.5 Å². The molecule has 0 bridgehead atoms. The van der Waals surface area contributed by atoms with Gasteiger partial charge in [-0.05, 0) is 48.7 Å². The number of hydrogen-bond donors (Lipinski definition) is 0. The van der Waals surface area contributed by atoms with Crippen LogP contribution in [-0.4, -0.2) is 34.0 Å². The third kappa shape index (κ3) is 5.42. The third-order valence-corrected chi connectivity index (χ3v) is 7.68. The first-order valence-electron chi connectivity index (χ1n) is 10.7. The maximum Gasteiger partial charge on any atom is 0.249 e. The predicted molar refractivity (Wildman–Crippen MR) is 132 cm³/mol. The fraction of sp³-hybridized carbons (Fsp3) is 0.480. The average Bonchev–Trinajstić information content (AvgIpc) is 2.70. The standard InChI is InChI=1S/C25H31Cl2NO2S/c1-6-21(16-31-24(2,3)4)28-22(29)15-30-23(17-8-7-9-20(27)14-17)25(28,5)18-10-12-19(26)13-11-18/h7-14,21,23H,6,15-16H2,1-5H3/t21?,23-,25-/m1/s1. The zero-order valence-corrected chi connectivity index (χ0v) is 21.2. The van der Waals surface area contributed by atoms with Gasteiger partial charge < -0.3 is 9.64 Å². The number of thioether (sulfide) groups is 1. The lowest BCUT2D eigenvalue weighted by atomic mass is 9.79. The molecule has 0 saturated carbocycles. The molecule has 1 aliphatic heterocycles. The number of ether oxygens (including phenoxy) is 1. The van der Waals surface area contributed by atoms with Gasteiger partial charge in [-0.3, -0.25) is 4.79 Å². The predicted octanol–water partition coefficient (Wildman–Crippen LogP) is 7.12. The van der Waals surface area contributed by atoms with E-state index in [1.165, 1.54) is 0 Å². The quantitative estimate of drug-likeness (QED) is 0.441. The monoisotopic (exact) mass is 479 g/mol. The molecule has 1 heterocycles. The number of halogens is 2. The average molecular weight is 481 g/mol. The van der Waals surface area contributed by atoms with E-state index in [0.29, 0.717) is 10.0 Å². The van der Waals surface area contributed by atoms with Crippen molar-refractivity contribution in [2.75, 3.05) is 12.4 Å². The summed E-state index contributed by atoms with van der Waals surface area (Å²) in [6, 6.07) is 15.5. The molecule has 2 aromatic rings. The highest BCUT2D eigenvalue weighted by atomic mass is 35.5. The third-order valence-electron chi connectivity index (χ3n) is 5.78. The first-order chi connectivity index (χ1) is 14.6. The lowest BCUT2D eigenvalue weighted by Crippen LogP contribution is -2.61. The molecule has 1 aliphatic rings. The Morgan fingerprint density at radius 1 is 1.16 bits per heavy atom. The van der Waals surface area contributed by atoms with Crippen LogP contribution in [0.25, 0.3) is 0 Å². The molecule has 0 spiro atoms. The number of morpholine rings is 1. The number of benzene rings is 2. The highest BCUT2D eigenvalue weighted by Crippen LogP contribution is 2.48. The molecule has 1 amide bonds. The van der Waals surface area contributed by atoms with Gasteiger partial charge in [-0.25, -0.2) is 0 Å². The first kappa shape index (κ1) is 24.4. The van der Waals surface area contributed by atoms with Crippen molar-refractivity contribution in [2.45, 2.75) is 63.5 Å². The van der Waals surface area contributed by atoms with Gasteiger partial charge in [0, 0.05) is 26.6 Å². The van der Waals surface area contributed by atoms with Gasteiger partial charge in [0.2, 0.25) is 5.91 Å². The summed E-state index contributed by atoms with van der Waals surface area (Å²) in [4.78, 5) is 15.4. The molecule has 168 valence electrons. The molecule has 0 radical (unpaired) electrons. The van der Waals surface area contributed by atoms with Crippen molar-refractivity contribution in [3.63, 3.8) is 0 Å². The van der Waals surface area contributed by atoms with Crippen molar-refractivity contribution in [3.05, 3.63) is 69.7 Å². The topological polar surface area (TPSA) is 29.5 Å². The second-order valence-corrected chi connectivity index (χ2v) is 11.9. The van der Waals surface area contributed by atoms with Crippen molar-refractivity contribution >= 4 is 40.9 Å². The molecule has 2 aromatic carbocycles. The summed E-state index contributed by atoms with van der Waals surface area (Å²) in [6.45, 7) is 10.9. The summed E-state index contributed by atoms with van der Waals surface area (Å²) in [5, 5.41) is 1.31. The van der Waals surface area contributed by atoms with Crippen LogP contribution in [0.4, 0.5) is 0 Å². The lowest BCUT2D eigenvalue weighted by Gasteiger charge is -2.53. The second-order valence-electron chi connectivity index (χ2n) is 9.15. The van der Waals surface area contributed by atoms with Gasteiger partial charge in [0.05, 0.1) is 5.54 Å². The van der Waals surface area contributed by atoms with E-state index in [4.69, 9.17) is 27.9 Å². The Morgan fingerprint density at radius 2 is 1.84 bits per heavy atom. The Labute approximate surface area is 200 Å². The summed E-state index contributed by atoms with van der Waals surface area (Å²) in [5.74, 6) is 0.870. The Hall–Kier alpha value is -1.20. The van der Waals surface area contributed by atoms with Gasteiger partial charge in [0.25, 0.3) is 0 Å². The normalized spacial score (nSPS) is 23.1. The number of amides is 1. The smallest absolute Gasteiger partial charge is 0.249 e. The molecule has 3 rings (SSSR count). The van der Waals surface area contributed by atoms with Gasteiger partial charge in [0.1, 0.15) is 12.7 Å². The van der Waals surface area contributed by atoms with Crippen LogP contribution < -0.4 is 0 Å². The fourth-order valence-electron chi connectivity index (χ4n) is 4.24. The van der Waals surface area contributed by atoms with Crippen LogP contribution in [0.1, 0.15) is 58.3 Å². The molecule has 31 heavy (non-hydrogen) atoms. The van der Waals surface area contributed by atoms with Crippen LogP contribution in [-0.2, 0) is 15.1 Å². The maximum atomic E-state index is 13.4. The molecule has 3 nitrogen and oxygen atoms in total. The van der Waals surface area contributed by atoms with E-state index in [9.17, 15) is 4.79 Å². The summed E-state index contributed by atoms with van der Waals surface area (Å²) in [7, 11) is 0. The first-order valence-corrected chi connectivity index (χ1v) is 12.4. The van der Waals surface area contributed by atoms with E-state index in [-0.39, 0.29) is 29.4 Å². The van der Waals surface area contributed by atoms with Gasteiger partial charge >= 0.3 is 0 Å². The number of carbonyl (C=O) groups excluding carboxylic acids is 1. The van der Waals surface area contributed by atoms with Crippen LogP contribution in [0.2, 0.25) is 10.0 Å². The summed E-state index contributed by atoms with van der Waals surface area (Å²) < 4.78 is 6.33. The van der Waals surface area contributed by atoms with Crippen molar-refractivity contribution in [2.24, 2.45) is 0 Å². The molecular formula is C25H31Cl2NO2S. The van der Waals surface area contributed by atoms with Crippen LogP contribution in [0.3, 0.4) is 0 Å². The van der Waals surface area contributed by atoms with Crippen molar-refractivity contribution in [1.29, 1.82) is 0 Å². The minimum absolute atomic E-state index is 0.0112. The van der Waals surface area contributed by atoms with Crippen molar-refractivity contribution < 1.29 is 9.53 Å². The highest BCUT2D eigenvalue weighted by Gasteiger charge is 2.51. The Kier molecular flexibility index (Phi) is 7.68. The molecule has 0 aromatic heterocycles. The number of hydrogen-bond acceptors (Lipinski definition) is 3. The Bertz CT molecular complexity index is 912. The van der Waals surface area contributed by atoms with E-state index in [1.54, 1.807) is 0 Å². The lowest BCUT2D eigenvalue weighted by molar-refractivity contribution is -0.179. The number of carbonyl (C=O) groups is 1. The molecule has 3 atom stereocenters. The molecular weight excluding hydrogens is 449 g/mol. The zero-order valence-electron chi connectivity index (χ0n) is 18.8. The Morgan fingerprint density at radius 3 is 2.42 bits per heavy atom. The summed E-state index contributed by atoms with van der Waals surface area (Å²) in [5.41, 5.74) is 1.25. The van der Waals surface area contributed by atoms with Gasteiger partial charge in [0.15, 0.2) is 0 Å². The van der Waals surface area contributed by atoms with E-state index in [0.717, 1.165) is 23.3 Å². The second kappa shape index (κ2) is 9.74. The van der Waals surface area contributed by atoms with E-state index < -0.39 is 5.54 Å². The van der Waals surface area contributed by atoms with E-state index >= 15 is 0 Å². The SMILES string of the molecule is CCC(CSC(C)(C)C)N1C(=O)CO[C@H](c2cccc(Cl)c2)[C@@]1(C)c1ccc(Cl)cc1. The molecule has 1 saturated heterocycles. The molecule has 1 unspecified atom stereocenters. The molecule has 6 heteroatoms. The van der Waals surface area contributed by atoms with Crippen molar-refractivity contribution in [1.82, 2.24) is 4.90 Å². The minimum atomic E-state index is -0.705. The molecule has 0 aliphatic carbocycles. The van der Waals surface area contributed by atoms with Crippen LogP contribution in [0.5, 0.6) is 0 Å². The van der Waals surface area contributed by atoms with Gasteiger partial charge in [-0.15, -0.1) is 0 Å². The van der Waals surface area contributed by atoms with E-state index in [2.05, 4.69) is 39.5 Å². The fourth-order valence-corrected chi connectivity index (χ4v) is 5.65. The Balaban J connectivity index is 2.13. The van der Waals surface area contributed by atoms with Gasteiger partial charge in [-0.1, -0.05) is 75.2 Å². The summed E-state index contributed by atoms with van der Waals surface area (Å²) in [6.07, 6.45) is 0.513.